The van der Waals surface area contributed by atoms with Crippen LogP contribution in [0.15, 0.2) is 16.8 Å². The normalized spacial score (nSPS) is 11.8. The monoisotopic (exact) mass is 237 g/mol. The van der Waals surface area contributed by atoms with Crippen LogP contribution in [0, 0.1) is 17.2 Å². The molecular formula is C12H15NO2S. The van der Waals surface area contributed by atoms with E-state index in [9.17, 15) is 4.79 Å². The zero-order valence-electron chi connectivity index (χ0n) is 9.31. The smallest absolute Gasteiger partial charge is 0.323 e. The van der Waals surface area contributed by atoms with E-state index in [1.54, 1.807) is 18.3 Å². The highest BCUT2D eigenvalue weighted by Crippen LogP contribution is 2.13. The minimum Gasteiger partial charge on any atom is -0.465 e. The Morgan fingerprint density at radius 1 is 1.69 bits per heavy atom. The first kappa shape index (κ1) is 12.7. The summed E-state index contributed by atoms with van der Waals surface area (Å²) in [7, 11) is 0. The summed E-state index contributed by atoms with van der Waals surface area (Å²) in [6.07, 6.45) is 2.33. The average Bonchev–Trinajstić information content (AvgIpc) is 2.77. The van der Waals surface area contributed by atoms with Crippen LogP contribution >= 0.6 is 11.3 Å². The standard InChI is InChI=1S/C12H15NO2S/c1-2-15-12(14)11(8-13)5-3-4-10-6-7-16-9-10/h6-7,9,11H,2-5H2,1H3. The zero-order valence-corrected chi connectivity index (χ0v) is 10.1. The lowest BCUT2D eigenvalue weighted by atomic mass is 10.0. The van der Waals surface area contributed by atoms with Gasteiger partial charge in [0, 0.05) is 0 Å². The number of hydrogen-bond acceptors (Lipinski definition) is 4. The van der Waals surface area contributed by atoms with Gasteiger partial charge in [-0.05, 0) is 48.6 Å². The van der Waals surface area contributed by atoms with E-state index in [2.05, 4.69) is 11.4 Å². The maximum atomic E-state index is 11.3. The number of carbonyl (C=O) groups excluding carboxylic acids is 1. The van der Waals surface area contributed by atoms with Gasteiger partial charge in [0.1, 0.15) is 5.92 Å². The highest BCUT2D eigenvalue weighted by Gasteiger charge is 2.18. The highest BCUT2D eigenvalue weighted by atomic mass is 32.1. The lowest BCUT2D eigenvalue weighted by Crippen LogP contribution is -2.16. The van der Waals surface area contributed by atoms with Crippen molar-refractivity contribution in [2.45, 2.75) is 26.2 Å². The quantitative estimate of drug-likeness (QED) is 0.715. The minimum absolute atomic E-state index is 0.335. The van der Waals surface area contributed by atoms with Gasteiger partial charge in [-0.1, -0.05) is 0 Å². The third-order valence-corrected chi connectivity index (χ3v) is 3.00. The second kappa shape index (κ2) is 7.02. The number of ether oxygens (including phenoxy) is 1. The van der Waals surface area contributed by atoms with Crippen molar-refractivity contribution in [1.82, 2.24) is 0 Å². The van der Waals surface area contributed by atoms with Crippen LogP contribution in [0.3, 0.4) is 0 Å². The van der Waals surface area contributed by atoms with Crippen LogP contribution in [-0.4, -0.2) is 12.6 Å². The fourth-order valence-corrected chi connectivity index (χ4v) is 2.13. The lowest BCUT2D eigenvalue weighted by molar-refractivity contribution is -0.146. The first-order valence-electron chi connectivity index (χ1n) is 5.35. The SMILES string of the molecule is CCOC(=O)C(C#N)CCCc1ccsc1. The second-order valence-corrected chi connectivity index (χ2v) is 4.24. The number of rotatable bonds is 6. The van der Waals surface area contributed by atoms with Crippen molar-refractivity contribution in [2.75, 3.05) is 6.61 Å². The van der Waals surface area contributed by atoms with Crippen LogP contribution < -0.4 is 0 Å². The summed E-state index contributed by atoms with van der Waals surface area (Å²) in [6.45, 7) is 2.08. The van der Waals surface area contributed by atoms with Crippen molar-refractivity contribution in [3.05, 3.63) is 22.4 Å². The first-order valence-corrected chi connectivity index (χ1v) is 6.29. The summed E-state index contributed by atoms with van der Waals surface area (Å²) >= 11 is 1.66. The molecule has 4 heteroatoms. The van der Waals surface area contributed by atoms with Crippen molar-refractivity contribution in [3.8, 4) is 6.07 Å². The van der Waals surface area contributed by atoms with E-state index in [1.165, 1.54) is 5.56 Å². The molecule has 0 N–H and O–H groups in total. The van der Waals surface area contributed by atoms with E-state index in [-0.39, 0.29) is 0 Å². The summed E-state index contributed by atoms with van der Waals surface area (Å²) in [5.41, 5.74) is 1.27. The topological polar surface area (TPSA) is 50.1 Å². The van der Waals surface area contributed by atoms with Gasteiger partial charge in [0.2, 0.25) is 0 Å². The summed E-state index contributed by atoms with van der Waals surface area (Å²) in [5.74, 6) is -1.01. The number of aryl methyl sites for hydroxylation is 1. The van der Waals surface area contributed by atoms with Crippen LogP contribution in [0.1, 0.15) is 25.3 Å². The van der Waals surface area contributed by atoms with Gasteiger partial charge >= 0.3 is 5.97 Å². The Bertz CT molecular complexity index is 354. The molecule has 0 aromatic carbocycles. The Morgan fingerprint density at radius 3 is 3.06 bits per heavy atom. The number of carbonyl (C=O) groups is 1. The van der Waals surface area contributed by atoms with E-state index < -0.39 is 11.9 Å². The van der Waals surface area contributed by atoms with Crippen molar-refractivity contribution in [1.29, 1.82) is 5.26 Å². The third-order valence-electron chi connectivity index (χ3n) is 2.27. The molecule has 0 saturated carbocycles. The Labute approximate surface area is 99.7 Å². The van der Waals surface area contributed by atoms with E-state index in [1.807, 2.05) is 11.4 Å². The van der Waals surface area contributed by atoms with Crippen molar-refractivity contribution < 1.29 is 9.53 Å². The van der Waals surface area contributed by atoms with Crippen molar-refractivity contribution >= 4 is 17.3 Å². The van der Waals surface area contributed by atoms with E-state index in [0.29, 0.717) is 13.0 Å². The van der Waals surface area contributed by atoms with Crippen LogP contribution in [0.5, 0.6) is 0 Å². The van der Waals surface area contributed by atoms with Crippen LogP contribution in [0.2, 0.25) is 0 Å². The van der Waals surface area contributed by atoms with Crippen LogP contribution in [0.4, 0.5) is 0 Å². The van der Waals surface area contributed by atoms with Gasteiger partial charge in [0.05, 0.1) is 12.7 Å². The number of hydrogen-bond donors (Lipinski definition) is 0. The Hall–Kier alpha value is -1.34. The number of nitriles is 1. The van der Waals surface area contributed by atoms with Crippen LogP contribution in [0.25, 0.3) is 0 Å². The van der Waals surface area contributed by atoms with Crippen LogP contribution in [-0.2, 0) is 16.0 Å². The molecule has 1 aromatic rings. The fourth-order valence-electron chi connectivity index (χ4n) is 1.42. The molecule has 86 valence electrons. The summed E-state index contributed by atoms with van der Waals surface area (Å²) in [5, 5.41) is 13.0. The first-order chi connectivity index (χ1) is 7.77. The summed E-state index contributed by atoms with van der Waals surface area (Å²) in [6, 6.07) is 4.06. The van der Waals surface area contributed by atoms with Crippen molar-refractivity contribution in [3.63, 3.8) is 0 Å². The fraction of sp³-hybridized carbons (Fsp3) is 0.500. The van der Waals surface area contributed by atoms with Gasteiger partial charge in [-0.25, -0.2) is 0 Å². The molecule has 1 atom stereocenters. The Balaban J connectivity index is 2.29. The molecule has 3 nitrogen and oxygen atoms in total. The molecular weight excluding hydrogens is 222 g/mol. The highest BCUT2D eigenvalue weighted by molar-refractivity contribution is 7.07. The van der Waals surface area contributed by atoms with Gasteiger partial charge in [0.15, 0.2) is 0 Å². The third kappa shape index (κ3) is 4.03. The molecule has 0 aliphatic rings. The molecule has 16 heavy (non-hydrogen) atoms. The molecule has 0 amide bonds. The molecule has 0 saturated heterocycles. The van der Waals surface area contributed by atoms with Gasteiger partial charge in [-0.2, -0.15) is 16.6 Å². The maximum absolute atomic E-state index is 11.3. The molecule has 1 unspecified atom stereocenters. The molecule has 1 aromatic heterocycles. The van der Waals surface area contributed by atoms with E-state index >= 15 is 0 Å². The molecule has 1 heterocycles. The molecule has 0 aliphatic heterocycles. The maximum Gasteiger partial charge on any atom is 0.323 e. The Kier molecular flexibility index (Phi) is 5.58. The molecule has 1 rings (SSSR count). The minimum atomic E-state index is -0.612. The second-order valence-electron chi connectivity index (χ2n) is 3.46. The van der Waals surface area contributed by atoms with Gasteiger partial charge in [-0.3, -0.25) is 4.79 Å². The van der Waals surface area contributed by atoms with Gasteiger partial charge in [0.25, 0.3) is 0 Å². The number of thiophene rings is 1. The van der Waals surface area contributed by atoms with Gasteiger partial charge < -0.3 is 4.74 Å². The zero-order chi connectivity index (χ0) is 11.8. The lowest BCUT2D eigenvalue weighted by Gasteiger charge is -2.07. The summed E-state index contributed by atoms with van der Waals surface area (Å²) < 4.78 is 4.82. The van der Waals surface area contributed by atoms with Gasteiger partial charge in [-0.15, -0.1) is 0 Å². The number of nitrogens with zero attached hydrogens (tertiary/aromatic N) is 1. The molecule has 0 spiro atoms. The number of esters is 1. The molecule has 0 aliphatic carbocycles. The predicted molar refractivity (Wildman–Crippen MR) is 63.0 cm³/mol. The summed E-state index contributed by atoms with van der Waals surface area (Å²) in [4.78, 5) is 11.3. The van der Waals surface area contributed by atoms with E-state index in [0.717, 1.165) is 12.8 Å². The molecule has 0 fully saturated rings. The molecule has 0 radical (unpaired) electrons. The Morgan fingerprint density at radius 2 is 2.50 bits per heavy atom. The largest absolute Gasteiger partial charge is 0.465 e. The van der Waals surface area contributed by atoms with Crippen molar-refractivity contribution in [2.24, 2.45) is 5.92 Å². The molecule has 0 bridgehead atoms. The van der Waals surface area contributed by atoms with E-state index in [4.69, 9.17) is 10.00 Å². The predicted octanol–water partition coefficient (Wildman–Crippen LogP) is 2.77. The average molecular weight is 237 g/mol.